The van der Waals surface area contributed by atoms with Gasteiger partial charge in [-0.15, -0.1) is 0 Å². The summed E-state index contributed by atoms with van der Waals surface area (Å²) in [7, 11) is 1.54. The molecule has 0 saturated carbocycles. The van der Waals surface area contributed by atoms with Gasteiger partial charge in [0.2, 0.25) is 5.91 Å². The van der Waals surface area contributed by atoms with Gasteiger partial charge in [0, 0.05) is 38.5 Å². The summed E-state index contributed by atoms with van der Waals surface area (Å²) in [6.45, 7) is 1.15. The lowest BCUT2D eigenvalue weighted by molar-refractivity contribution is -0.311. The Morgan fingerprint density at radius 3 is 2.92 bits per heavy atom. The van der Waals surface area contributed by atoms with Crippen LogP contribution in [0.2, 0.25) is 0 Å². The van der Waals surface area contributed by atoms with Crippen molar-refractivity contribution in [2.24, 2.45) is 5.92 Å². The van der Waals surface area contributed by atoms with Crippen LogP contribution < -0.4 is 5.11 Å². The Morgan fingerprint density at radius 2 is 2.46 bits per heavy atom. The minimum absolute atomic E-state index is 0.0616. The van der Waals surface area contributed by atoms with Crippen molar-refractivity contribution >= 4 is 11.9 Å². The van der Waals surface area contributed by atoms with Crippen molar-refractivity contribution in [3.63, 3.8) is 0 Å². The van der Waals surface area contributed by atoms with Gasteiger partial charge >= 0.3 is 0 Å². The van der Waals surface area contributed by atoms with Crippen LogP contribution in [0.25, 0.3) is 0 Å². The maximum absolute atomic E-state index is 11.2. The molecule has 1 aliphatic rings. The minimum Gasteiger partial charge on any atom is -0.550 e. The first-order valence-electron chi connectivity index (χ1n) is 4.12. The number of hydrogen-bond donors (Lipinski definition) is 0. The van der Waals surface area contributed by atoms with Crippen molar-refractivity contribution in [1.82, 2.24) is 4.90 Å². The van der Waals surface area contributed by atoms with Crippen molar-refractivity contribution in [1.29, 1.82) is 0 Å². The number of carboxylic acid groups (broad SMARTS) is 1. The quantitative estimate of drug-likeness (QED) is 0.521. The zero-order valence-corrected chi connectivity index (χ0v) is 7.49. The van der Waals surface area contributed by atoms with E-state index in [0.717, 1.165) is 0 Å². The maximum atomic E-state index is 11.2. The number of carbonyl (C=O) groups excluding carboxylic acids is 2. The molecule has 5 nitrogen and oxygen atoms in total. The predicted octanol–water partition coefficient (Wildman–Crippen LogP) is -1.77. The number of nitrogens with zero attached hydrogens (tertiary/aromatic N) is 1. The fourth-order valence-electron chi connectivity index (χ4n) is 1.35. The number of carboxylic acids is 1. The van der Waals surface area contributed by atoms with Gasteiger partial charge in [-0.1, -0.05) is 0 Å². The third kappa shape index (κ3) is 2.42. The highest BCUT2D eigenvalue weighted by atomic mass is 16.5. The first-order valence-corrected chi connectivity index (χ1v) is 4.12. The van der Waals surface area contributed by atoms with Crippen LogP contribution in [0.3, 0.4) is 0 Å². The minimum atomic E-state index is -1.15. The number of likely N-dealkylation sites (tertiary alicyclic amines) is 1. The topological polar surface area (TPSA) is 69.7 Å². The van der Waals surface area contributed by atoms with Gasteiger partial charge in [-0.05, 0) is 0 Å². The zero-order valence-electron chi connectivity index (χ0n) is 7.49. The molecule has 0 N–H and O–H groups in total. The molecule has 1 amide bonds. The Bertz CT molecular complexity index is 216. The first-order chi connectivity index (χ1) is 6.15. The summed E-state index contributed by atoms with van der Waals surface area (Å²) in [6, 6.07) is 0. The lowest BCUT2D eigenvalue weighted by Gasteiger charge is -2.15. The Morgan fingerprint density at radius 1 is 1.77 bits per heavy atom. The van der Waals surface area contributed by atoms with E-state index in [4.69, 9.17) is 4.74 Å². The highest BCUT2D eigenvalue weighted by Crippen LogP contribution is 2.16. The molecule has 0 aromatic heterocycles. The number of methoxy groups -OCH3 is 1. The van der Waals surface area contributed by atoms with Gasteiger partial charge in [-0.25, -0.2) is 0 Å². The van der Waals surface area contributed by atoms with Gasteiger partial charge in [0.25, 0.3) is 0 Å². The average Bonchev–Trinajstić information content (AvgIpc) is 2.44. The van der Waals surface area contributed by atoms with Crippen LogP contribution >= 0.6 is 0 Å². The normalized spacial score (nSPS) is 22.4. The summed E-state index contributed by atoms with van der Waals surface area (Å²) in [6.07, 6.45) is 0.0616. The molecule has 0 aromatic carbocycles. The Labute approximate surface area is 76.3 Å². The second-order valence-electron chi connectivity index (χ2n) is 3.05. The van der Waals surface area contributed by atoms with Gasteiger partial charge in [-0.2, -0.15) is 0 Å². The number of rotatable bonds is 4. The maximum Gasteiger partial charge on any atom is 0.223 e. The largest absolute Gasteiger partial charge is 0.550 e. The summed E-state index contributed by atoms with van der Waals surface area (Å²) < 4.78 is 4.79. The SMILES string of the molecule is COCCN1C[C@H](C(=O)[O-])CC1=O. The number of amides is 1. The molecule has 5 heteroatoms. The molecule has 74 valence electrons. The third-order valence-corrected chi connectivity index (χ3v) is 2.11. The van der Waals surface area contributed by atoms with E-state index in [1.807, 2.05) is 0 Å². The average molecular weight is 186 g/mol. The lowest BCUT2D eigenvalue weighted by atomic mass is 10.1. The van der Waals surface area contributed by atoms with E-state index < -0.39 is 11.9 Å². The van der Waals surface area contributed by atoms with Crippen molar-refractivity contribution in [2.45, 2.75) is 6.42 Å². The van der Waals surface area contributed by atoms with Crippen molar-refractivity contribution in [3.8, 4) is 0 Å². The number of hydrogen-bond acceptors (Lipinski definition) is 4. The molecule has 1 atom stereocenters. The fourth-order valence-corrected chi connectivity index (χ4v) is 1.35. The van der Waals surface area contributed by atoms with E-state index in [9.17, 15) is 14.7 Å². The number of aliphatic carboxylic acids is 1. The summed E-state index contributed by atoms with van der Waals surface area (Å²) in [5.41, 5.74) is 0. The van der Waals surface area contributed by atoms with Gasteiger partial charge in [-0.3, -0.25) is 4.79 Å². The summed E-state index contributed by atoms with van der Waals surface area (Å²) in [5, 5.41) is 10.4. The zero-order chi connectivity index (χ0) is 9.84. The molecule has 0 unspecified atom stereocenters. The highest BCUT2D eigenvalue weighted by molar-refractivity contribution is 5.85. The van der Waals surface area contributed by atoms with Crippen LogP contribution in [-0.2, 0) is 14.3 Å². The number of carbonyl (C=O) groups is 2. The Kier molecular flexibility index (Phi) is 3.25. The van der Waals surface area contributed by atoms with Crippen LogP contribution in [0.5, 0.6) is 0 Å². The molecule has 0 bridgehead atoms. The standard InChI is InChI=1S/C8H13NO4/c1-13-3-2-9-5-6(8(11)12)4-7(9)10/h6H,2-5H2,1H3,(H,11,12)/p-1/t6-/m1/s1. The number of ether oxygens (including phenoxy) is 1. The predicted molar refractivity (Wildman–Crippen MR) is 41.6 cm³/mol. The monoisotopic (exact) mass is 186 g/mol. The van der Waals surface area contributed by atoms with Crippen molar-refractivity contribution in [2.75, 3.05) is 26.8 Å². The molecule has 1 rings (SSSR count). The highest BCUT2D eigenvalue weighted by Gasteiger charge is 2.29. The van der Waals surface area contributed by atoms with Gasteiger partial charge < -0.3 is 19.5 Å². The molecule has 0 aliphatic carbocycles. The molecule has 0 spiro atoms. The molecule has 1 saturated heterocycles. The Hall–Kier alpha value is -1.10. The van der Waals surface area contributed by atoms with E-state index >= 15 is 0 Å². The van der Waals surface area contributed by atoms with E-state index in [1.54, 1.807) is 0 Å². The van der Waals surface area contributed by atoms with E-state index in [2.05, 4.69) is 0 Å². The van der Waals surface area contributed by atoms with Gasteiger partial charge in [0.15, 0.2) is 0 Å². The fraction of sp³-hybridized carbons (Fsp3) is 0.750. The summed E-state index contributed by atoms with van der Waals surface area (Å²) >= 11 is 0. The summed E-state index contributed by atoms with van der Waals surface area (Å²) in [5.74, 6) is -1.93. The smallest absolute Gasteiger partial charge is 0.223 e. The van der Waals surface area contributed by atoms with E-state index in [0.29, 0.717) is 13.2 Å². The van der Waals surface area contributed by atoms with Crippen LogP contribution in [-0.4, -0.2) is 43.6 Å². The lowest BCUT2D eigenvalue weighted by Crippen LogP contribution is -2.34. The van der Waals surface area contributed by atoms with Crippen LogP contribution in [0.4, 0.5) is 0 Å². The van der Waals surface area contributed by atoms with Crippen LogP contribution in [0, 0.1) is 5.92 Å². The second-order valence-corrected chi connectivity index (χ2v) is 3.05. The summed E-state index contributed by atoms with van der Waals surface area (Å²) in [4.78, 5) is 23.1. The molecular formula is C8H12NO4-. The van der Waals surface area contributed by atoms with Crippen LogP contribution in [0.15, 0.2) is 0 Å². The molecule has 1 aliphatic heterocycles. The first kappa shape index (κ1) is 9.98. The third-order valence-electron chi connectivity index (χ3n) is 2.11. The van der Waals surface area contributed by atoms with E-state index in [1.165, 1.54) is 12.0 Å². The van der Waals surface area contributed by atoms with Crippen molar-refractivity contribution in [3.05, 3.63) is 0 Å². The van der Waals surface area contributed by atoms with Crippen LogP contribution in [0.1, 0.15) is 6.42 Å². The molecule has 0 radical (unpaired) electrons. The molecule has 13 heavy (non-hydrogen) atoms. The molecule has 1 fully saturated rings. The van der Waals surface area contributed by atoms with E-state index in [-0.39, 0.29) is 18.9 Å². The second kappa shape index (κ2) is 4.23. The molecular weight excluding hydrogens is 174 g/mol. The molecule has 0 aromatic rings. The van der Waals surface area contributed by atoms with Crippen molar-refractivity contribution < 1.29 is 19.4 Å². The molecule has 1 heterocycles. The van der Waals surface area contributed by atoms with Gasteiger partial charge in [0.05, 0.1) is 6.61 Å². The van der Waals surface area contributed by atoms with Gasteiger partial charge in [0.1, 0.15) is 0 Å². The Balaban J connectivity index is 2.42.